The third-order valence-corrected chi connectivity index (χ3v) is 3.43. The van der Waals surface area contributed by atoms with Crippen LogP contribution in [0.5, 0.6) is 11.5 Å². The van der Waals surface area contributed by atoms with E-state index in [1.807, 2.05) is 31.2 Å². The number of ether oxygens (including phenoxy) is 2. The van der Waals surface area contributed by atoms with Gasteiger partial charge in [0.25, 0.3) is 0 Å². The summed E-state index contributed by atoms with van der Waals surface area (Å²) >= 11 is 0. The average molecular weight is 273 g/mol. The minimum Gasteiger partial charge on any atom is -0.494 e. The summed E-state index contributed by atoms with van der Waals surface area (Å²) in [6.45, 7) is 2.65. The zero-order valence-electron chi connectivity index (χ0n) is 11.4. The fourth-order valence-electron chi connectivity index (χ4n) is 2.35. The highest BCUT2D eigenvalue weighted by molar-refractivity contribution is 5.59. The molecule has 0 fully saturated rings. The number of fused-ring (bicyclic) bond motifs is 1. The first-order chi connectivity index (χ1) is 9.67. The summed E-state index contributed by atoms with van der Waals surface area (Å²) in [5.74, 6) is 0.667. The van der Waals surface area contributed by atoms with Crippen molar-refractivity contribution < 1.29 is 13.9 Å². The first-order valence-electron chi connectivity index (χ1n) is 6.52. The minimum atomic E-state index is -0.372. The third-order valence-electron chi connectivity index (χ3n) is 3.43. The number of anilines is 1. The van der Waals surface area contributed by atoms with Crippen LogP contribution in [-0.2, 0) is 0 Å². The van der Waals surface area contributed by atoms with Gasteiger partial charge in [-0.25, -0.2) is 4.39 Å². The SMILES string of the molecule is COc1ccc(C2CNc3cc(C)ccc3O2)cc1F. The average Bonchev–Trinajstić information content (AvgIpc) is 2.46. The lowest BCUT2D eigenvalue weighted by Gasteiger charge is -2.28. The lowest BCUT2D eigenvalue weighted by molar-refractivity contribution is 0.209. The van der Waals surface area contributed by atoms with E-state index in [9.17, 15) is 4.39 Å². The van der Waals surface area contributed by atoms with Gasteiger partial charge in [-0.3, -0.25) is 0 Å². The fraction of sp³-hybridized carbons (Fsp3) is 0.250. The maximum atomic E-state index is 13.8. The van der Waals surface area contributed by atoms with Crippen molar-refractivity contribution in [2.45, 2.75) is 13.0 Å². The Kier molecular flexibility index (Phi) is 3.22. The molecule has 1 atom stereocenters. The van der Waals surface area contributed by atoms with Gasteiger partial charge >= 0.3 is 0 Å². The topological polar surface area (TPSA) is 30.5 Å². The van der Waals surface area contributed by atoms with E-state index in [2.05, 4.69) is 5.32 Å². The van der Waals surface area contributed by atoms with Crippen LogP contribution in [0.1, 0.15) is 17.2 Å². The van der Waals surface area contributed by atoms with Gasteiger partial charge < -0.3 is 14.8 Å². The molecule has 0 amide bonds. The molecular weight excluding hydrogens is 257 g/mol. The van der Waals surface area contributed by atoms with Crippen molar-refractivity contribution in [2.75, 3.05) is 19.0 Å². The van der Waals surface area contributed by atoms with Crippen LogP contribution in [0.15, 0.2) is 36.4 Å². The molecule has 1 heterocycles. The molecule has 2 aromatic rings. The van der Waals surface area contributed by atoms with Crippen LogP contribution in [0, 0.1) is 12.7 Å². The lowest BCUT2D eigenvalue weighted by atomic mass is 10.1. The van der Waals surface area contributed by atoms with Crippen molar-refractivity contribution in [3.05, 3.63) is 53.3 Å². The van der Waals surface area contributed by atoms with E-state index in [4.69, 9.17) is 9.47 Å². The molecule has 1 unspecified atom stereocenters. The maximum Gasteiger partial charge on any atom is 0.165 e. The molecule has 2 aromatic carbocycles. The van der Waals surface area contributed by atoms with Gasteiger partial charge in [-0.15, -0.1) is 0 Å². The number of nitrogens with one attached hydrogen (secondary N) is 1. The van der Waals surface area contributed by atoms with E-state index in [0.29, 0.717) is 6.54 Å². The number of rotatable bonds is 2. The van der Waals surface area contributed by atoms with E-state index < -0.39 is 0 Å². The molecule has 0 spiro atoms. The van der Waals surface area contributed by atoms with Gasteiger partial charge in [0.15, 0.2) is 11.6 Å². The standard InChI is InChI=1S/C16H16FNO2/c1-10-3-5-15-13(7-10)18-9-16(20-15)11-4-6-14(19-2)12(17)8-11/h3-8,16,18H,9H2,1-2H3. The number of hydrogen-bond donors (Lipinski definition) is 1. The van der Waals surface area contributed by atoms with E-state index >= 15 is 0 Å². The van der Waals surface area contributed by atoms with Crippen molar-refractivity contribution >= 4 is 5.69 Å². The fourth-order valence-corrected chi connectivity index (χ4v) is 2.35. The predicted molar refractivity (Wildman–Crippen MR) is 76.0 cm³/mol. The predicted octanol–water partition coefficient (Wildman–Crippen LogP) is 3.69. The highest BCUT2D eigenvalue weighted by Gasteiger charge is 2.21. The lowest BCUT2D eigenvalue weighted by Crippen LogP contribution is -2.23. The zero-order valence-corrected chi connectivity index (χ0v) is 11.4. The van der Waals surface area contributed by atoms with Gasteiger partial charge in [-0.2, -0.15) is 0 Å². The van der Waals surface area contributed by atoms with Crippen molar-refractivity contribution in [2.24, 2.45) is 0 Å². The molecule has 0 aromatic heterocycles. The highest BCUT2D eigenvalue weighted by Crippen LogP contribution is 2.35. The van der Waals surface area contributed by atoms with Crippen molar-refractivity contribution in [3.63, 3.8) is 0 Å². The maximum absolute atomic E-state index is 13.8. The van der Waals surface area contributed by atoms with E-state index in [1.54, 1.807) is 6.07 Å². The number of hydrogen-bond acceptors (Lipinski definition) is 3. The molecule has 104 valence electrons. The summed E-state index contributed by atoms with van der Waals surface area (Å²) in [5, 5.41) is 3.32. The van der Waals surface area contributed by atoms with E-state index in [1.165, 1.54) is 18.7 Å². The molecule has 0 bridgehead atoms. The first kappa shape index (κ1) is 12.8. The zero-order chi connectivity index (χ0) is 14.1. The molecule has 0 radical (unpaired) electrons. The van der Waals surface area contributed by atoms with Gasteiger partial charge in [-0.1, -0.05) is 12.1 Å². The Balaban J connectivity index is 1.86. The molecule has 20 heavy (non-hydrogen) atoms. The normalized spacial score (nSPS) is 16.9. The smallest absolute Gasteiger partial charge is 0.165 e. The Labute approximate surface area is 117 Å². The second kappa shape index (κ2) is 5.04. The molecule has 1 N–H and O–H groups in total. The van der Waals surface area contributed by atoms with Crippen LogP contribution in [0.3, 0.4) is 0 Å². The number of halogens is 1. The molecule has 3 nitrogen and oxygen atoms in total. The van der Waals surface area contributed by atoms with Crippen molar-refractivity contribution in [1.82, 2.24) is 0 Å². The van der Waals surface area contributed by atoms with Gasteiger partial charge in [0.2, 0.25) is 0 Å². The summed E-state index contributed by atoms with van der Waals surface area (Å²) in [7, 11) is 1.45. The summed E-state index contributed by atoms with van der Waals surface area (Å²) in [4.78, 5) is 0. The van der Waals surface area contributed by atoms with Crippen LogP contribution in [-0.4, -0.2) is 13.7 Å². The summed E-state index contributed by atoms with van der Waals surface area (Å²) < 4.78 is 24.6. The highest BCUT2D eigenvalue weighted by atomic mass is 19.1. The largest absolute Gasteiger partial charge is 0.494 e. The summed E-state index contributed by atoms with van der Waals surface area (Å²) in [6, 6.07) is 10.9. The Bertz CT molecular complexity index is 642. The minimum absolute atomic E-state index is 0.203. The third kappa shape index (κ3) is 2.29. The van der Waals surface area contributed by atoms with Gasteiger partial charge in [0.05, 0.1) is 19.3 Å². The summed E-state index contributed by atoms with van der Waals surface area (Å²) in [6.07, 6.45) is -0.203. The van der Waals surface area contributed by atoms with Crippen LogP contribution in [0.2, 0.25) is 0 Å². The molecule has 0 aliphatic carbocycles. The van der Waals surface area contributed by atoms with Crippen molar-refractivity contribution in [3.8, 4) is 11.5 Å². The van der Waals surface area contributed by atoms with E-state index in [-0.39, 0.29) is 17.7 Å². The number of aryl methyl sites for hydroxylation is 1. The van der Waals surface area contributed by atoms with Crippen LogP contribution < -0.4 is 14.8 Å². The molecular formula is C16H16FNO2. The quantitative estimate of drug-likeness (QED) is 0.905. The molecule has 1 aliphatic heterocycles. The molecule has 0 saturated heterocycles. The Morgan fingerprint density at radius 2 is 2.10 bits per heavy atom. The van der Waals surface area contributed by atoms with Gasteiger partial charge in [-0.05, 0) is 42.3 Å². The van der Waals surface area contributed by atoms with Gasteiger partial charge in [0.1, 0.15) is 11.9 Å². The van der Waals surface area contributed by atoms with Crippen LogP contribution >= 0.6 is 0 Å². The summed E-state index contributed by atoms with van der Waals surface area (Å²) in [5.41, 5.74) is 2.95. The Morgan fingerprint density at radius 1 is 1.25 bits per heavy atom. The molecule has 3 rings (SSSR count). The van der Waals surface area contributed by atoms with Gasteiger partial charge in [0, 0.05) is 0 Å². The molecule has 4 heteroatoms. The Morgan fingerprint density at radius 3 is 2.85 bits per heavy atom. The van der Waals surface area contributed by atoms with Crippen LogP contribution in [0.4, 0.5) is 10.1 Å². The Hall–Kier alpha value is -2.23. The second-order valence-corrected chi connectivity index (χ2v) is 4.88. The second-order valence-electron chi connectivity index (χ2n) is 4.88. The monoisotopic (exact) mass is 273 g/mol. The molecule has 1 aliphatic rings. The van der Waals surface area contributed by atoms with E-state index in [0.717, 1.165) is 17.0 Å². The van der Waals surface area contributed by atoms with Crippen LogP contribution in [0.25, 0.3) is 0 Å². The number of benzene rings is 2. The van der Waals surface area contributed by atoms with Crippen molar-refractivity contribution in [1.29, 1.82) is 0 Å². The first-order valence-corrected chi connectivity index (χ1v) is 6.52. The molecule has 0 saturated carbocycles. The number of methoxy groups -OCH3 is 1.